The lowest BCUT2D eigenvalue weighted by atomic mass is 9.92. The maximum absolute atomic E-state index is 13.0. The Morgan fingerprint density at radius 3 is 2.54 bits per heavy atom. The molecule has 2 atom stereocenters. The van der Waals surface area contributed by atoms with Crippen molar-refractivity contribution < 1.29 is 29.0 Å². The van der Waals surface area contributed by atoms with Gasteiger partial charge in [0, 0.05) is 24.1 Å². The summed E-state index contributed by atoms with van der Waals surface area (Å²) in [7, 11) is 0. The van der Waals surface area contributed by atoms with Gasteiger partial charge in [-0.25, -0.2) is 0 Å². The Balaban J connectivity index is 1.23. The zero-order chi connectivity index (χ0) is 24.5. The van der Waals surface area contributed by atoms with Crippen LogP contribution in [-0.2, 0) is 34.1 Å². The molecule has 8 heteroatoms. The lowest BCUT2D eigenvalue weighted by Crippen LogP contribution is -2.44. The van der Waals surface area contributed by atoms with Crippen LogP contribution >= 0.6 is 0 Å². The summed E-state index contributed by atoms with van der Waals surface area (Å²) in [6, 6.07) is 12.3. The number of amides is 1. The Kier molecular flexibility index (Phi) is 6.38. The lowest BCUT2D eigenvalue weighted by molar-refractivity contribution is -0.142. The number of benzene rings is 2. The minimum Gasteiger partial charge on any atom is -0.489 e. The average molecular weight is 477 g/mol. The number of hydrogen-bond acceptors (Lipinski definition) is 6. The van der Waals surface area contributed by atoms with Gasteiger partial charge in [0.2, 0.25) is 0 Å². The minimum absolute atomic E-state index is 0.0624. The van der Waals surface area contributed by atoms with Crippen molar-refractivity contribution in [3.05, 3.63) is 64.7 Å². The molecule has 2 aliphatic heterocycles. The number of rotatable bonds is 7. The van der Waals surface area contributed by atoms with Crippen molar-refractivity contribution in [1.82, 2.24) is 9.80 Å². The molecule has 8 nitrogen and oxygen atoms in total. The Morgan fingerprint density at radius 2 is 1.80 bits per heavy atom. The van der Waals surface area contributed by atoms with Gasteiger partial charge < -0.3 is 14.7 Å². The number of carbonyl (C=O) groups is 4. The predicted molar refractivity (Wildman–Crippen MR) is 126 cm³/mol. The molecule has 1 N–H and O–H groups in total. The van der Waals surface area contributed by atoms with Crippen LogP contribution < -0.4 is 4.74 Å². The normalized spacial score (nSPS) is 22.5. The summed E-state index contributed by atoms with van der Waals surface area (Å²) in [4.78, 5) is 51.9. The van der Waals surface area contributed by atoms with Crippen LogP contribution in [0.2, 0.25) is 0 Å². The summed E-state index contributed by atoms with van der Waals surface area (Å²) < 4.78 is 6.08. The van der Waals surface area contributed by atoms with E-state index in [2.05, 4.69) is 0 Å². The number of carbonyl (C=O) groups excluding carboxylic acids is 3. The third-order valence-electron chi connectivity index (χ3n) is 7.22. The molecule has 0 bridgehead atoms. The first-order chi connectivity index (χ1) is 16.9. The SMILES string of the molecule is O=C1CCC(N2Cc3c(OCc4ccc(CN5CCCC5C(=O)O)cc4)cccc3C2=O)C(=O)C1. The summed E-state index contributed by atoms with van der Waals surface area (Å²) in [5, 5.41) is 9.37. The number of carboxylic acid groups (broad SMARTS) is 1. The van der Waals surface area contributed by atoms with Crippen molar-refractivity contribution in [2.45, 2.75) is 63.9 Å². The number of ether oxygens (including phenoxy) is 1. The Hall–Kier alpha value is -3.52. The van der Waals surface area contributed by atoms with Crippen LogP contribution in [0.5, 0.6) is 5.75 Å². The van der Waals surface area contributed by atoms with Gasteiger partial charge in [0.05, 0.1) is 19.0 Å². The van der Waals surface area contributed by atoms with Gasteiger partial charge in [-0.2, -0.15) is 0 Å². The molecule has 35 heavy (non-hydrogen) atoms. The van der Waals surface area contributed by atoms with E-state index in [0.717, 1.165) is 29.7 Å². The lowest BCUT2D eigenvalue weighted by Gasteiger charge is -2.29. The van der Waals surface area contributed by atoms with Gasteiger partial charge in [-0.3, -0.25) is 24.1 Å². The zero-order valence-corrected chi connectivity index (χ0v) is 19.4. The van der Waals surface area contributed by atoms with Crippen LogP contribution in [0.3, 0.4) is 0 Å². The zero-order valence-electron chi connectivity index (χ0n) is 19.4. The average Bonchev–Trinajstić information content (AvgIpc) is 3.44. The van der Waals surface area contributed by atoms with E-state index < -0.39 is 18.1 Å². The van der Waals surface area contributed by atoms with Gasteiger partial charge in [-0.15, -0.1) is 0 Å². The quantitative estimate of drug-likeness (QED) is 0.613. The highest BCUT2D eigenvalue weighted by Crippen LogP contribution is 2.34. The van der Waals surface area contributed by atoms with Gasteiger partial charge >= 0.3 is 5.97 Å². The van der Waals surface area contributed by atoms with Crippen molar-refractivity contribution in [1.29, 1.82) is 0 Å². The van der Waals surface area contributed by atoms with Crippen LogP contribution in [0.4, 0.5) is 0 Å². The first kappa shape index (κ1) is 23.2. The highest BCUT2D eigenvalue weighted by Gasteiger charge is 2.40. The number of likely N-dealkylation sites (tertiary alicyclic amines) is 1. The molecule has 1 saturated carbocycles. The smallest absolute Gasteiger partial charge is 0.320 e. The van der Waals surface area contributed by atoms with Gasteiger partial charge in [-0.1, -0.05) is 30.3 Å². The monoisotopic (exact) mass is 476 g/mol. The molecule has 0 aromatic heterocycles. The van der Waals surface area contributed by atoms with E-state index in [9.17, 15) is 24.3 Å². The van der Waals surface area contributed by atoms with Crippen molar-refractivity contribution in [3.63, 3.8) is 0 Å². The molecule has 2 unspecified atom stereocenters. The molecule has 2 fully saturated rings. The van der Waals surface area contributed by atoms with Crippen LogP contribution in [0.25, 0.3) is 0 Å². The molecule has 2 aromatic rings. The predicted octanol–water partition coefficient (Wildman–Crippen LogP) is 2.96. The Morgan fingerprint density at radius 1 is 1.03 bits per heavy atom. The highest BCUT2D eigenvalue weighted by molar-refractivity contribution is 6.07. The molecule has 0 radical (unpaired) electrons. The first-order valence-corrected chi connectivity index (χ1v) is 12.1. The molecule has 1 saturated heterocycles. The number of hydrogen-bond donors (Lipinski definition) is 1. The molecule has 0 spiro atoms. The number of ketones is 2. The molecule has 2 heterocycles. The third kappa shape index (κ3) is 4.71. The summed E-state index contributed by atoms with van der Waals surface area (Å²) in [6.07, 6.45) is 2.20. The van der Waals surface area contributed by atoms with Crippen molar-refractivity contribution >= 4 is 23.4 Å². The maximum atomic E-state index is 13.0. The second-order valence-corrected chi connectivity index (χ2v) is 9.52. The summed E-state index contributed by atoms with van der Waals surface area (Å²) in [5.74, 6) is -0.588. The van der Waals surface area contributed by atoms with E-state index in [1.807, 2.05) is 35.2 Å². The Labute approximate surface area is 203 Å². The minimum atomic E-state index is -0.763. The fourth-order valence-corrected chi connectivity index (χ4v) is 5.33. The fourth-order valence-electron chi connectivity index (χ4n) is 5.33. The van der Waals surface area contributed by atoms with E-state index in [0.29, 0.717) is 50.3 Å². The van der Waals surface area contributed by atoms with Gasteiger partial charge in [0.15, 0.2) is 5.78 Å². The van der Waals surface area contributed by atoms with Crippen LogP contribution in [0.15, 0.2) is 42.5 Å². The van der Waals surface area contributed by atoms with E-state index >= 15 is 0 Å². The largest absolute Gasteiger partial charge is 0.489 e. The van der Waals surface area contributed by atoms with Gasteiger partial charge in [0.1, 0.15) is 24.2 Å². The van der Waals surface area contributed by atoms with E-state index in [-0.39, 0.29) is 23.9 Å². The van der Waals surface area contributed by atoms with E-state index in [1.54, 1.807) is 17.0 Å². The van der Waals surface area contributed by atoms with Crippen molar-refractivity contribution in [2.75, 3.05) is 6.54 Å². The maximum Gasteiger partial charge on any atom is 0.320 e. The topological polar surface area (TPSA) is 104 Å². The van der Waals surface area contributed by atoms with Crippen LogP contribution in [-0.4, -0.2) is 57.0 Å². The molecule has 1 aliphatic carbocycles. The molecule has 5 rings (SSSR count). The van der Waals surface area contributed by atoms with Crippen LogP contribution in [0, 0.1) is 0 Å². The Bertz CT molecular complexity index is 1170. The van der Waals surface area contributed by atoms with Crippen molar-refractivity contribution in [2.24, 2.45) is 0 Å². The number of nitrogens with zero attached hydrogens (tertiary/aromatic N) is 2. The molecule has 2 aromatic carbocycles. The second kappa shape index (κ2) is 9.62. The number of carboxylic acids is 1. The second-order valence-electron chi connectivity index (χ2n) is 9.52. The third-order valence-corrected chi connectivity index (χ3v) is 7.22. The van der Waals surface area contributed by atoms with Gasteiger partial charge in [-0.05, 0) is 49.1 Å². The number of aliphatic carboxylic acids is 1. The summed E-state index contributed by atoms with van der Waals surface area (Å²) >= 11 is 0. The summed E-state index contributed by atoms with van der Waals surface area (Å²) in [6.45, 7) is 2.02. The highest BCUT2D eigenvalue weighted by atomic mass is 16.5. The summed E-state index contributed by atoms with van der Waals surface area (Å²) in [5.41, 5.74) is 3.33. The fraction of sp³-hybridized carbons (Fsp3) is 0.407. The van der Waals surface area contributed by atoms with Crippen molar-refractivity contribution in [3.8, 4) is 5.75 Å². The molecule has 182 valence electrons. The molecular weight excluding hydrogens is 448 g/mol. The number of Topliss-reactive ketones (excluding diaryl/α,β-unsaturated/α-hetero) is 2. The van der Waals surface area contributed by atoms with E-state index in [1.165, 1.54) is 0 Å². The standard InChI is InChI=1S/C27H28N2O6/c30-19-10-11-22(24(31)13-19)29-15-21-20(26(29)32)3-1-5-25(21)35-16-18-8-6-17(7-9-18)14-28-12-2-4-23(28)27(33)34/h1,3,5-9,22-23H,2,4,10-16H2,(H,33,34). The van der Waals surface area contributed by atoms with Gasteiger partial charge in [0.25, 0.3) is 5.91 Å². The molecule has 3 aliphatic rings. The molecular formula is C27H28N2O6. The van der Waals surface area contributed by atoms with E-state index in [4.69, 9.17) is 4.74 Å². The number of fused-ring (bicyclic) bond motifs is 1. The molecule has 1 amide bonds. The first-order valence-electron chi connectivity index (χ1n) is 12.1. The van der Waals surface area contributed by atoms with Crippen LogP contribution in [0.1, 0.15) is 59.2 Å².